The zero-order valence-corrected chi connectivity index (χ0v) is 22.4. The van der Waals surface area contributed by atoms with Crippen molar-refractivity contribution in [2.75, 3.05) is 32.0 Å². The predicted octanol–water partition coefficient (Wildman–Crippen LogP) is 5.55. The van der Waals surface area contributed by atoms with Gasteiger partial charge in [0.15, 0.2) is 0 Å². The number of pyridine rings is 1. The smallest absolute Gasteiger partial charge is 0.379 e. The molecule has 1 amide bonds. The largest absolute Gasteiger partial charge is 0.417 e. The van der Waals surface area contributed by atoms with E-state index in [1.807, 2.05) is 23.4 Å². The summed E-state index contributed by atoms with van der Waals surface area (Å²) in [6.07, 6.45) is 1.81. The SMILES string of the molecule is C=C(c1nc(/C=C/CNC(=O)c2cn(C3CC3)c(C)n2)cc2c(N[C@@H]3CCN(C)C[C@@H]3F)cccc12)C(F)(F)F. The van der Waals surface area contributed by atoms with E-state index < -0.39 is 24.0 Å². The number of alkyl halides is 4. The number of anilines is 1. The number of carbonyl (C=O) groups excluding carboxylic acids is 1. The monoisotopic (exact) mass is 556 g/mol. The molecule has 7 nitrogen and oxygen atoms in total. The van der Waals surface area contributed by atoms with Crippen molar-refractivity contribution < 1.29 is 22.4 Å². The number of hydrogen-bond acceptors (Lipinski definition) is 5. The van der Waals surface area contributed by atoms with Crippen LogP contribution >= 0.6 is 0 Å². The molecule has 1 saturated heterocycles. The number of nitrogens with zero attached hydrogens (tertiary/aromatic N) is 4. The van der Waals surface area contributed by atoms with E-state index in [9.17, 15) is 22.4 Å². The van der Waals surface area contributed by atoms with Gasteiger partial charge in [0.2, 0.25) is 0 Å². The molecule has 5 rings (SSSR count). The van der Waals surface area contributed by atoms with Gasteiger partial charge in [-0.15, -0.1) is 0 Å². The lowest BCUT2D eigenvalue weighted by Gasteiger charge is -2.33. The minimum absolute atomic E-state index is 0.127. The molecule has 0 bridgehead atoms. The van der Waals surface area contributed by atoms with E-state index >= 15 is 0 Å². The molecule has 3 heterocycles. The van der Waals surface area contributed by atoms with Crippen molar-refractivity contribution in [1.82, 2.24) is 24.8 Å². The molecule has 0 spiro atoms. The second-order valence-corrected chi connectivity index (χ2v) is 10.5. The third-order valence-corrected chi connectivity index (χ3v) is 7.37. The highest BCUT2D eigenvalue weighted by atomic mass is 19.4. The van der Waals surface area contributed by atoms with Crippen molar-refractivity contribution in [3.63, 3.8) is 0 Å². The zero-order valence-electron chi connectivity index (χ0n) is 22.4. The van der Waals surface area contributed by atoms with Gasteiger partial charge in [0, 0.05) is 48.3 Å². The molecule has 2 atom stereocenters. The van der Waals surface area contributed by atoms with Crippen molar-refractivity contribution in [2.45, 2.75) is 50.6 Å². The quantitative estimate of drug-likeness (QED) is 0.356. The van der Waals surface area contributed by atoms with Crippen LogP contribution in [0.4, 0.5) is 23.2 Å². The van der Waals surface area contributed by atoms with Crippen LogP contribution in [0, 0.1) is 6.92 Å². The van der Waals surface area contributed by atoms with E-state index in [2.05, 4.69) is 27.2 Å². The van der Waals surface area contributed by atoms with E-state index in [1.165, 1.54) is 0 Å². The summed E-state index contributed by atoms with van der Waals surface area (Å²) in [6, 6.07) is 6.50. The lowest BCUT2D eigenvalue weighted by Crippen LogP contribution is -2.46. The van der Waals surface area contributed by atoms with Gasteiger partial charge in [-0.1, -0.05) is 24.8 Å². The van der Waals surface area contributed by atoms with E-state index in [0.29, 0.717) is 35.8 Å². The Bertz CT molecular complexity index is 1460. The van der Waals surface area contributed by atoms with Gasteiger partial charge in [-0.2, -0.15) is 13.2 Å². The van der Waals surface area contributed by atoms with Gasteiger partial charge in [-0.3, -0.25) is 4.79 Å². The molecule has 2 aliphatic rings. The van der Waals surface area contributed by atoms with Crippen LogP contribution in [0.2, 0.25) is 0 Å². The van der Waals surface area contributed by atoms with Crippen LogP contribution in [0.25, 0.3) is 22.4 Å². The topological polar surface area (TPSA) is 75.1 Å². The Kier molecular flexibility index (Phi) is 7.67. The summed E-state index contributed by atoms with van der Waals surface area (Å²) in [5.41, 5.74) is -0.259. The second-order valence-electron chi connectivity index (χ2n) is 10.5. The van der Waals surface area contributed by atoms with Crippen molar-refractivity contribution in [3.05, 3.63) is 66.0 Å². The fraction of sp³-hybridized carbons (Fsp3) is 0.414. The van der Waals surface area contributed by atoms with E-state index in [1.54, 1.807) is 42.6 Å². The molecule has 212 valence electrons. The van der Waals surface area contributed by atoms with Gasteiger partial charge in [-0.25, -0.2) is 14.4 Å². The van der Waals surface area contributed by atoms with Crippen LogP contribution in [0.1, 0.15) is 53.0 Å². The van der Waals surface area contributed by atoms with Gasteiger partial charge in [0.25, 0.3) is 5.91 Å². The van der Waals surface area contributed by atoms with E-state index in [0.717, 1.165) is 18.7 Å². The van der Waals surface area contributed by atoms with Crippen LogP contribution in [0.15, 0.2) is 43.1 Å². The highest BCUT2D eigenvalue weighted by molar-refractivity contribution is 6.01. The Morgan fingerprint density at radius 2 is 1.98 bits per heavy atom. The van der Waals surface area contributed by atoms with Crippen molar-refractivity contribution in [3.8, 4) is 0 Å². The van der Waals surface area contributed by atoms with Crippen LogP contribution in [-0.4, -0.2) is 70.4 Å². The normalized spacial score (nSPS) is 20.2. The number of aromatic nitrogens is 3. The maximum Gasteiger partial charge on any atom is 0.417 e. The Balaban J connectivity index is 1.39. The first-order valence-corrected chi connectivity index (χ1v) is 13.3. The highest BCUT2D eigenvalue weighted by Crippen LogP contribution is 2.38. The summed E-state index contributed by atoms with van der Waals surface area (Å²) in [5.74, 6) is 0.444. The Morgan fingerprint density at radius 3 is 2.67 bits per heavy atom. The third-order valence-electron chi connectivity index (χ3n) is 7.37. The van der Waals surface area contributed by atoms with Crippen molar-refractivity contribution >= 4 is 34.0 Å². The number of nitrogens with one attached hydrogen (secondary N) is 2. The molecule has 0 unspecified atom stereocenters. The molecule has 2 fully saturated rings. The number of likely N-dealkylation sites (tertiary alicyclic amines) is 1. The molecular weight excluding hydrogens is 524 g/mol. The molecule has 3 aromatic rings. The van der Waals surface area contributed by atoms with Gasteiger partial charge < -0.3 is 20.1 Å². The summed E-state index contributed by atoms with van der Waals surface area (Å²) in [7, 11) is 1.85. The molecular formula is C29H32F4N6O. The van der Waals surface area contributed by atoms with Gasteiger partial charge in [0.1, 0.15) is 17.7 Å². The van der Waals surface area contributed by atoms with Crippen molar-refractivity contribution in [1.29, 1.82) is 0 Å². The predicted molar refractivity (Wildman–Crippen MR) is 148 cm³/mol. The minimum Gasteiger partial charge on any atom is -0.379 e. The number of benzene rings is 1. The highest BCUT2D eigenvalue weighted by Gasteiger charge is 2.35. The number of hydrogen-bond donors (Lipinski definition) is 2. The lowest BCUT2D eigenvalue weighted by molar-refractivity contribution is -0.0688. The van der Waals surface area contributed by atoms with Crippen LogP contribution in [0.5, 0.6) is 0 Å². The lowest BCUT2D eigenvalue weighted by atomic mass is 9.99. The Labute approximate surface area is 230 Å². The number of fused-ring (bicyclic) bond motifs is 1. The number of carbonyl (C=O) groups is 1. The fourth-order valence-corrected chi connectivity index (χ4v) is 5.03. The first-order chi connectivity index (χ1) is 19.0. The maximum absolute atomic E-state index is 14.8. The average molecular weight is 557 g/mol. The molecule has 1 aromatic carbocycles. The molecule has 2 N–H and O–H groups in total. The second kappa shape index (κ2) is 11.0. The number of halogens is 4. The van der Waals surface area contributed by atoms with E-state index in [-0.39, 0.29) is 35.8 Å². The summed E-state index contributed by atoms with van der Waals surface area (Å²) in [4.78, 5) is 23.0. The maximum atomic E-state index is 14.8. The number of amides is 1. The number of piperidine rings is 1. The summed E-state index contributed by atoms with van der Waals surface area (Å²) < 4.78 is 57.9. The standard InChI is InChI=1S/C29H32F4N6O/c1-17(29(31,32)33)27-21-7-4-8-24(37-25-11-13-38(3)15-23(25)30)22(21)14-19(36-27)6-5-12-34-28(40)26-16-39(18(2)35-26)20-9-10-20/h4-8,14,16,20,23,25,37H,1,9-13,15H2,2-3H3,(H,34,40)/b6-5+/t23-,25+/m0/s1. The average Bonchev–Trinajstić information content (AvgIpc) is 3.67. The Hall–Kier alpha value is -3.73. The molecule has 11 heteroatoms. The van der Waals surface area contributed by atoms with E-state index in [4.69, 9.17) is 0 Å². The zero-order chi connectivity index (χ0) is 28.6. The van der Waals surface area contributed by atoms with Crippen LogP contribution < -0.4 is 10.6 Å². The minimum atomic E-state index is -4.68. The van der Waals surface area contributed by atoms with Crippen LogP contribution in [-0.2, 0) is 0 Å². The summed E-state index contributed by atoms with van der Waals surface area (Å²) >= 11 is 0. The first-order valence-electron chi connectivity index (χ1n) is 13.3. The summed E-state index contributed by atoms with van der Waals surface area (Å²) in [6.45, 7) is 6.24. The molecule has 2 aromatic heterocycles. The fourth-order valence-electron chi connectivity index (χ4n) is 5.03. The molecule has 1 saturated carbocycles. The van der Waals surface area contributed by atoms with Crippen molar-refractivity contribution in [2.24, 2.45) is 0 Å². The number of allylic oxidation sites excluding steroid dienone is 1. The molecule has 1 aliphatic carbocycles. The van der Waals surface area contributed by atoms with Crippen LogP contribution in [0.3, 0.4) is 0 Å². The Morgan fingerprint density at radius 1 is 1.20 bits per heavy atom. The molecule has 0 radical (unpaired) electrons. The number of aryl methyl sites for hydroxylation is 1. The van der Waals surface area contributed by atoms with Gasteiger partial charge >= 0.3 is 6.18 Å². The van der Waals surface area contributed by atoms with Gasteiger partial charge in [-0.05, 0) is 51.4 Å². The summed E-state index contributed by atoms with van der Waals surface area (Å²) in [5, 5.41) is 6.72. The molecule has 1 aliphatic heterocycles. The molecule has 40 heavy (non-hydrogen) atoms. The first kappa shape index (κ1) is 27.8. The van der Waals surface area contributed by atoms with Gasteiger partial charge in [0.05, 0.1) is 23.0 Å². The third kappa shape index (κ3) is 6.04. The number of imidazole rings is 1. The number of rotatable bonds is 8.